The minimum atomic E-state index is -1.01. The molecule has 0 amide bonds. The van der Waals surface area contributed by atoms with E-state index in [-0.39, 0.29) is 48.0 Å². The number of likely N-dealkylation sites (tertiary alicyclic amines) is 1. The third kappa shape index (κ3) is 8.18. The van der Waals surface area contributed by atoms with Crippen LogP contribution in [-0.2, 0) is 20.0 Å². The van der Waals surface area contributed by atoms with Crippen molar-refractivity contribution < 1.29 is 22.8 Å². The summed E-state index contributed by atoms with van der Waals surface area (Å²) in [6, 6.07) is 13.6. The Balaban J connectivity index is 1.05. The quantitative estimate of drug-likeness (QED) is 0.124. The number of hydrogen-bond donors (Lipinski definition) is 0. The smallest absolute Gasteiger partial charge is 0.278 e. The van der Waals surface area contributed by atoms with Gasteiger partial charge in [-0.1, -0.05) is 24.0 Å². The molecule has 1 fully saturated rings. The minimum absolute atomic E-state index is 0.0136. The van der Waals surface area contributed by atoms with Crippen LogP contribution in [0.25, 0.3) is 10.9 Å². The van der Waals surface area contributed by atoms with Crippen LogP contribution in [0.2, 0.25) is 0 Å². The lowest BCUT2D eigenvalue weighted by Gasteiger charge is -2.28. The Morgan fingerprint density at radius 3 is 2.39 bits per heavy atom. The van der Waals surface area contributed by atoms with E-state index in [0.717, 1.165) is 43.5 Å². The Hall–Kier alpha value is -5.34. The van der Waals surface area contributed by atoms with Gasteiger partial charge in [0.15, 0.2) is 23.2 Å². The van der Waals surface area contributed by atoms with Crippen molar-refractivity contribution in [2.45, 2.75) is 52.0 Å². The molecule has 2 aromatic heterocycles. The first-order chi connectivity index (χ1) is 24.5. The predicted octanol–water partition coefficient (Wildman–Crippen LogP) is 6.42. The van der Waals surface area contributed by atoms with Gasteiger partial charge in [0.25, 0.3) is 5.56 Å². The zero-order valence-electron chi connectivity index (χ0n) is 28.8. The van der Waals surface area contributed by atoms with E-state index in [1.165, 1.54) is 16.8 Å². The van der Waals surface area contributed by atoms with Gasteiger partial charge in [-0.2, -0.15) is 0 Å². The summed E-state index contributed by atoms with van der Waals surface area (Å²) in [5.41, 5.74) is 2.64. The molecule has 0 spiro atoms. The second-order valence-corrected chi connectivity index (χ2v) is 13.2. The second-order valence-electron chi connectivity index (χ2n) is 13.2. The highest BCUT2D eigenvalue weighted by atomic mass is 19.2. The Labute approximate surface area is 293 Å². The summed E-state index contributed by atoms with van der Waals surface area (Å²) in [5.74, 6) is 3.85. The van der Waals surface area contributed by atoms with E-state index in [2.05, 4.69) is 33.8 Å². The first-order valence-corrected chi connectivity index (χ1v) is 16.9. The zero-order chi connectivity index (χ0) is 36.2. The molecule has 51 heavy (non-hydrogen) atoms. The number of piperidine rings is 1. The molecule has 0 unspecified atom stereocenters. The number of carbonyl (C=O) groups excluding carboxylic acids is 2. The lowest BCUT2D eigenvalue weighted by molar-refractivity contribution is 0.0931. The van der Waals surface area contributed by atoms with Crippen molar-refractivity contribution in [1.29, 1.82) is 0 Å². The first kappa shape index (κ1) is 35.5. The average molecular weight is 694 g/mol. The second kappa shape index (κ2) is 15.3. The van der Waals surface area contributed by atoms with E-state index in [1.807, 2.05) is 18.2 Å². The molecule has 0 N–H and O–H groups in total. The summed E-state index contributed by atoms with van der Waals surface area (Å²) in [4.78, 5) is 50.3. The summed E-state index contributed by atoms with van der Waals surface area (Å²) in [7, 11) is 3.71. The molecule has 1 aliphatic heterocycles. The van der Waals surface area contributed by atoms with Gasteiger partial charge >= 0.3 is 0 Å². The van der Waals surface area contributed by atoms with Crippen LogP contribution in [-0.4, -0.2) is 55.9 Å². The molecule has 262 valence electrons. The van der Waals surface area contributed by atoms with E-state index in [1.54, 1.807) is 37.0 Å². The van der Waals surface area contributed by atoms with Gasteiger partial charge in [-0.05, 0) is 99.4 Å². The molecule has 0 atom stereocenters. The number of fused-ring (bicyclic) bond motifs is 1. The molecular weight excluding hydrogens is 655 g/mol. The SMILES string of the molecule is Cc1c(C(=O)CCC#Cc2ccc3nc(Cc4ccc(C(=O)CC5CCN(C)CC5)c(F)c4)ncc3c2)c(=O)n(Cc2ccc(F)c(F)c2)n1C. The lowest BCUT2D eigenvalue weighted by atomic mass is 9.89. The lowest BCUT2D eigenvalue weighted by Crippen LogP contribution is -2.31. The van der Waals surface area contributed by atoms with Gasteiger partial charge in [0.1, 0.15) is 17.2 Å². The third-order valence-electron chi connectivity index (χ3n) is 9.60. The molecule has 3 aromatic carbocycles. The number of rotatable bonds is 10. The van der Waals surface area contributed by atoms with Crippen molar-refractivity contribution >= 4 is 22.5 Å². The maximum Gasteiger partial charge on any atom is 0.278 e. The largest absolute Gasteiger partial charge is 0.306 e. The van der Waals surface area contributed by atoms with Crippen molar-refractivity contribution in [3.8, 4) is 11.8 Å². The molecule has 5 aromatic rings. The fraction of sp³-hybridized carbons (Fsp3) is 0.325. The van der Waals surface area contributed by atoms with E-state index >= 15 is 0 Å². The van der Waals surface area contributed by atoms with E-state index in [9.17, 15) is 27.6 Å². The van der Waals surface area contributed by atoms with Crippen LogP contribution in [0.1, 0.15) is 81.0 Å². The molecule has 11 heteroatoms. The first-order valence-electron chi connectivity index (χ1n) is 16.9. The summed E-state index contributed by atoms with van der Waals surface area (Å²) < 4.78 is 44.9. The Bertz CT molecular complexity index is 2260. The molecule has 0 bridgehead atoms. The van der Waals surface area contributed by atoms with Crippen LogP contribution in [0.15, 0.2) is 65.6 Å². The van der Waals surface area contributed by atoms with Gasteiger partial charge in [0.2, 0.25) is 0 Å². The van der Waals surface area contributed by atoms with Gasteiger partial charge in [-0.15, -0.1) is 0 Å². The molecule has 0 radical (unpaired) electrons. The molecule has 6 rings (SSSR count). The number of halogens is 3. The van der Waals surface area contributed by atoms with Gasteiger partial charge in [-0.25, -0.2) is 27.8 Å². The summed E-state index contributed by atoms with van der Waals surface area (Å²) in [5, 5.41) is 0.768. The van der Waals surface area contributed by atoms with Gasteiger partial charge in [-0.3, -0.25) is 19.1 Å². The fourth-order valence-electron chi connectivity index (χ4n) is 6.49. The fourth-order valence-corrected chi connectivity index (χ4v) is 6.49. The number of ketones is 2. The average Bonchev–Trinajstić information content (AvgIpc) is 3.31. The Kier molecular flexibility index (Phi) is 10.6. The van der Waals surface area contributed by atoms with Crippen LogP contribution >= 0.6 is 0 Å². The van der Waals surface area contributed by atoms with Crippen molar-refractivity contribution in [2.75, 3.05) is 20.1 Å². The van der Waals surface area contributed by atoms with Gasteiger partial charge in [0.05, 0.1) is 17.6 Å². The number of carbonyl (C=O) groups is 2. The van der Waals surface area contributed by atoms with E-state index in [0.29, 0.717) is 46.6 Å². The molecule has 1 saturated heterocycles. The van der Waals surface area contributed by atoms with Gasteiger partial charge < -0.3 is 4.90 Å². The predicted molar refractivity (Wildman–Crippen MR) is 188 cm³/mol. The zero-order valence-corrected chi connectivity index (χ0v) is 28.8. The van der Waals surface area contributed by atoms with Crippen molar-refractivity contribution in [1.82, 2.24) is 24.2 Å². The number of aromatic nitrogens is 4. The number of nitrogens with zero attached hydrogens (tertiary/aromatic N) is 5. The molecule has 8 nitrogen and oxygen atoms in total. The number of benzene rings is 3. The molecule has 0 saturated carbocycles. The highest BCUT2D eigenvalue weighted by molar-refractivity contribution is 5.97. The van der Waals surface area contributed by atoms with Gasteiger partial charge in [0, 0.05) is 55.6 Å². The number of hydrogen-bond acceptors (Lipinski definition) is 6. The Morgan fingerprint density at radius 2 is 1.65 bits per heavy atom. The standard InChI is InChI=1S/C40H38F3N5O3/c1-25-39(40(51)48(47(25)3)24-29-9-12-32(41)34(43)20-29)36(49)7-5-4-6-26-10-13-35-30(18-26)23-44-38(45-35)22-28-8-11-31(33(42)19-28)37(50)21-27-14-16-46(2)17-15-27/h8-13,18-20,23,27H,5,7,14-17,21-22,24H2,1-3H3. The number of Topliss-reactive ketones (excluding diaryl/α,β-unsaturated/α-hetero) is 2. The minimum Gasteiger partial charge on any atom is -0.306 e. The van der Waals surface area contributed by atoms with Crippen LogP contribution in [0.5, 0.6) is 0 Å². The van der Waals surface area contributed by atoms with E-state index in [4.69, 9.17) is 0 Å². The van der Waals surface area contributed by atoms with Crippen molar-refractivity contribution in [2.24, 2.45) is 13.0 Å². The Morgan fingerprint density at radius 1 is 0.902 bits per heavy atom. The van der Waals surface area contributed by atoms with Crippen LogP contribution in [0.4, 0.5) is 13.2 Å². The summed E-state index contributed by atoms with van der Waals surface area (Å²) in [6.45, 7) is 3.57. The van der Waals surface area contributed by atoms with Crippen LogP contribution in [0, 0.1) is 42.1 Å². The monoisotopic (exact) mass is 693 g/mol. The molecule has 3 heterocycles. The van der Waals surface area contributed by atoms with Crippen molar-refractivity contribution in [3.63, 3.8) is 0 Å². The van der Waals surface area contributed by atoms with Crippen molar-refractivity contribution in [3.05, 3.63) is 128 Å². The normalized spacial score (nSPS) is 13.7. The van der Waals surface area contributed by atoms with E-state index < -0.39 is 23.0 Å². The third-order valence-corrected chi connectivity index (χ3v) is 9.60. The summed E-state index contributed by atoms with van der Waals surface area (Å²) in [6.07, 6.45) is 4.51. The summed E-state index contributed by atoms with van der Waals surface area (Å²) >= 11 is 0. The maximum atomic E-state index is 15.0. The highest BCUT2D eigenvalue weighted by Gasteiger charge is 2.23. The topological polar surface area (TPSA) is 90.1 Å². The van der Waals surface area contributed by atoms with Crippen LogP contribution < -0.4 is 5.56 Å². The highest BCUT2D eigenvalue weighted by Crippen LogP contribution is 2.24. The maximum absolute atomic E-state index is 15.0. The molecular formula is C40H38F3N5O3. The molecule has 1 aliphatic rings. The van der Waals surface area contributed by atoms with Crippen LogP contribution in [0.3, 0.4) is 0 Å². The molecule has 0 aliphatic carbocycles.